The molecule has 0 aromatic heterocycles. The van der Waals surface area contributed by atoms with Crippen LogP contribution in [0, 0.1) is 0 Å². The minimum atomic E-state index is -3.72. The van der Waals surface area contributed by atoms with Crippen LogP contribution in [0.3, 0.4) is 0 Å². The van der Waals surface area contributed by atoms with Crippen LogP contribution in [0.4, 0.5) is 0 Å². The van der Waals surface area contributed by atoms with Crippen molar-refractivity contribution in [2.24, 2.45) is 0 Å². The molecule has 7 heteroatoms. The van der Waals surface area contributed by atoms with Gasteiger partial charge in [-0.05, 0) is 38.5 Å². The Bertz CT molecular complexity index is 630. The lowest BCUT2D eigenvalue weighted by Crippen LogP contribution is -2.53. The molecule has 0 spiro atoms. The van der Waals surface area contributed by atoms with Crippen molar-refractivity contribution in [3.05, 3.63) is 28.8 Å². The van der Waals surface area contributed by atoms with Gasteiger partial charge < -0.3 is 9.84 Å². The summed E-state index contributed by atoms with van der Waals surface area (Å²) >= 11 is 6.05. The molecule has 0 bridgehead atoms. The molecule has 1 aliphatic heterocycles. The van der Waals surface area contributed by atoms with E-state index in [-0.39, 0.29) is 35.7 Å². The number of halogens is 1. The van der Waals surface area contributed by atoms with Crippen LogP contribution >= 0.6 is 11.6 Å². The maximum atomic E-state index is 12.8. The van der Waals surface area contributed by atoms with Crippen LogP contribution in [0.25, 0.3) is 0 Å². The fourth-order valence-corrected chi connectivity index (χ4v) is 4.75. The average molecular weight is 334 g/mol. The molecular formula is C14H20ClNO4S. The van der Waals surface area contributed by atoms with Gasteiger partial charge in [0.05, 0.1) is 23.3 Å². The van der Waals surface area contributed by atoms with E-state index in [1.54, 1.807) is 6.07 Å². The number of aliphatic hydroxyl groups excluding tert-OH is 1. The van der Waals surface area contributed by atoms with Gasteiger partial charge in [0.2, 0.25) is 10.0 Å². The Morgan fingerprint density at radius 3 is 2.71 bits per heavy atom. The number of rotatable bonds is 3. The van der Waals surface area contributed by atoms with Gasteiger partial charge in [0, 0.05) is 13.1 Å². The summed E-state index contributed by atoms with van der Waals surface area (Å²) in [5, 5.41) is 9.34. The standard InChI is InChI=1S/C14H20ClNO4S/c1-10-7-16(9-14(2,3)20-10)21(18,19)13-6-11(8-17)4-5-12(13)15/h4-6,10,17H,7-9H2,1-3H3. The molecule has 1 saturated heterocycles. The summed E-state index contributed by atoms with van der Waals surface area (Å²) in [6.07, 6.45) is -0.191. The van der Waals surface area contributed by atoms with E-state index in [2.05, 4.69) is 0 Å². The number of benzene rings is 1. The van der Waals surface area contributed by atoms with Gasteiger partial charge in [-0.15, -0.1) is 0 Å². The van der Waals surface area contributed by atoms with E-state index in [9.17, 15) is 13.5 Å². The van der Waals surface area contributed by atoms with E-state index in [0.717, 1.165) is 0 Å². The fraction of sp³-hybridized carbons (Fsp3) is 0.571. The zero-order valence-corrected chi connectivity index (χ0v) is 13.9. The Kier molecular flexibility index (Phi) is 4.66. The summed E-state index contributed by atoms with van der Waals surface area (Å²) in [7, 11) is -3.72. The molecule has 0 radical (unpaired) electrons. The molecule has 1 N–H and O–H groups in total. The third-order valence-corrected chi connectivity index (χ3v) is 5.63. The molecule has 21 heavy (non-hydrogen) atoms. The first-order valence-corrected chi connectivity index (χ1v) is 8.55. The number of nitrogens with zero attached hydrogens (tertiary/aromatic N) is 1. The molecule has 1 atom stereocenters. The van der Waals surface area contributed by atoms with Crippen LogP contribution in [0.15, 0.2) is 23.1 Å². The Morgan fingerprint density at radius 1 is 1.48 bits per heavy atom. The summed E-state index contributed by atoms with van der Waals surface area (Å²) in [5.41, 5.74) is -0.0373. The quantitative estimate of drug-likeness (QED) is 0.919. The number of sulfonamides is 1. The number of morpholine rings is 1. The number of hydrogen-bond acceptors (Lipinski definition) is 4. The lowest BCUT2D eigenvalue weighted by atomic mass is 10.1. The monoisotopic (exact) mass is 333 g/mol. The molecule has 1 aromatic rings. The summed E-state index contributed by atoms with van der Waals surface area (Å²) in [5.74, 6) is 0. The highest BCUT2D eigenvalue weighted by molar-refractivity contribution is 7.89. The van der Waals surface area contributed by atoms with Gasteiger partial charge in [0.25, 0.3) is 0 Å². The first kappa shape index (κ1) is 16.7. The largest absolute Gasteiger partial charge is 0.392 e. The van der Waals surface area contributed by atoms with Gasteiger partial charge in [-0.25, -0.2) is 8.42 Å². The topological polar surface area (TPSA) is 66.8 Å². The van der Waals surface area contributed by atoms with E-state index >= 15 is 0 Å². The number of hydrogen-bond donors (Lipinski definition) is 1. The van der Waals surface area contributed by atoms with Gasteiger partial charge in [-0.3, -0.25) is 0 Å². The normalized spacial score (nSPS) is 23.2. The lowest BCUT2D eigenvalue weighted by molar-refractivity contribution is -0.109. The molecule has 1 fully saturated rings. The van der Waals surface area contributed by atoms with E-state index in [4.69, 9.17) is 16.3 Å². The molecule has 1 aliphatic rings. The average Bonchev–Trinajstić information content (AvgIpc) is 2.36. The van der Waals surface area contributed by atoms with E-state index < -0.39 is 15.6 Å². The maximum absolute atomic E-state index is 12.8. The van der Waals surface area contributed by atoms with Crippen LogP contribution in [0.2, 0.25) is 5.02 Å². The van der Waals surface area contributed by atoms with E-state index in [1.807, 2.05) is 20.8 Å². The molecule has 0 saturated carbocycles. The summed E-state index contributed by atoms with van der Waals surface area (Å²) in [6.45, 7) is 5.87. The molecule has 0 amide bonds. The van der Waals surface area contributed by atoms with Crippen LogP contribution in [-0.4, -0.2) is 42.6 Å². The van der Waals surface area contributed by atoms with Gasteiger partial charge in [-0.1, -0.05) is 17.7 Å². The highest BCUT2D eigenvalue weighted by atomic mass is 35.5. The first-order chi connectivity index (χ1) is 9.65. The second-order valence-electron chi connectivity index (χ2n) is 5.91. The zero-order valence-electron chi connectivity index (χ0n) is 12.3. The molecule has 1 unspecified atom stereocenters. The SMILES string of the molecule is CC1CN(S(=O)(=O)c2cc(CO)ccc2Cl)CC(C)(C)O1. The molecule has 1 heterocycles. The van der Waals surface area contributed by atoms with Gasteiger partial charge in [0.15, 0.2) is 0 Å². The Labute approximate surface area is 130 Å². The minimum Gasteiger partial charge on any atom is -0.392 e. The molecule has 118 valence electrons. The summed E-state index contributed by atoms with van der Waals surface area (Å²) < 4.78 is 32.8. The second kappa shape index (κ2) is 5.85. The second-order valence-corrected chi connectivity index (χ2v) is 8.22. The molecule has 1 aromatic carbocycles. The van der Waals surface area contributed by atoms with Crippen molar-refractivity contribution in [2.75, 3.05) is 13.1 Å². The fourth-order valence-electron chi connectivity index (χ4n) is 2.56. The predicted molar refractivity (Wildman–Crippen MR) is 80.8 cm³/mol. The Hall–Kier alpha value is -0.660. The lowest BCUT2D eigenvalue weighted by Gasteiger charge is -2.41. The molecular weight excluding hydrogens is 314 g/mol. The zero-order chi connectivity index (χ0) is 15.8. The first-order valence-electron chi connectivity index (χ1n) is 6.73. The third kappa shape index (κ3) is 3.57. The van der Waals surface area contributed by atoms with Gasteiger partial charge in [0.1, 0.15) is 4.90 Å². The van der Waals surface area contributed by atoms with Gasteiger partial charge >= 0.3 is 0 Å². The third-order valence-electron chi connectivity index (χ3n) is 3.33. The Morgan fingerprint density at radius 2 is 2.14 bits per heavy atom. The minimum absolute atomic E-state index is 0.0283. The number of ether oxygens (including phenoxy) is 1. The molecule has 0 aliphatic carbocycles. The van der Waals surface area contributed by atoms with E-state index in [0.29, 0.717) is 5.56 Å². The van der Waals surface area contributed by atoms with Crippen molar-refractivity contribution in [1.29, 1.82) is 0 Å². The maximum Gasteiger partial charge on any atom is 0.244 e. The predicted octanol–water partition coefficient (Wildman–Crippen LogP) is 2.02. The summed E-state index contributed by atoms with van der Waals surface area (Å²) in [6, 6.07) is 4.52. The van der Waals surface area contributed by atoms with Crippen molar-refractivity contribution >= 4 is 21.6 Å². The van der Waals surface area contributed by atoms with Crippen LogP contribution < -0.4 is 0 Å². The van der Waals surface area contributed by atoms with Crippen molar-refractivity contribution in [3.8, 4) is 0 Å². The molecule has 5 nitrogen and oxygen atoms in total. The highest BCUT2D eigenvalue weighted by Gasteiger charge is 2.38. The van der Waals surface area contributed by atoms with Crippen molar-refractivity contribution in [2.45, 2.75) is 44.0 Å². The van der Waals surface area contributed by atoms with E-state index in [1.165, 1.54) is 16.4 Å². The smallest absolute Gasteiger partial charge is 0.244 e. The van der Waals surface area contributed by atoms with Gasteiger partial charge in [-0.2, -0.15) is 4.31 Å². The van der Waals surface area contributed by atoms with Crippen LogP contribution in [0.1, 0.15) is 26.3 Å². The van der Waals surface area contributed by atoms with Crippen molar-refractivity contribution in [1.82, 2.24) is 4.31 Å². The van der Waals surface area contributed by atoms with Crippen molar-refractivity contribution < 1.29 is 18.3 Å². The summed E-state index contributed by atoms with van der Waals surface area (Å²) in [4.78, 5) is 0.0283. The van der Waals surface area contributed by atoms with Crippen LogP contribution in [-0.2, 0) is 21.4 Å². The number of aliphatic hydroxyl groups is 1. The van der Waals surface area contributed by atoms with Crippen molar-refractivity contribution in [3.63, 3.8) is 0 Å². The molecule has 2 rings (SSSR count). The van der Waals surface area contributed by atoms with Crippen LogP contribution in [0.5, 0.6) is 0 Å². The Balaban J connectivity index is 2.42. The highest BCUT2D eigenvalue weighted by Crippen LogP contribution is 2.30.